The number of aryl methyl sites for hydroxylation is 1. The zero-order valence-electron chi connectivity index (χ0n) is 15.4. The quantitative estimate of drug-likeness (QED) is 0.867. The van der Waals surface area contributed by atoms with E-state index in [-0.39, 0.29) is 4.90 Å². The highest BCUT2D eigenvalue weighted by Crippen LogP contribution is 2.25. The Balaban J connectivity index is 1.76. The molecule has 0 spiro atoms. The van der Waals surface area contributed by atoms with E-state index in [2.05, 4.69) is 21.5 Å². The van der Waals surface area contributed by atoms with Crippen molar-refractivity contribution in [2.75, 3.05) is 29.8 Å². The molecule has 1 aromatic heterocycles. The number of rotatable bonds is 5. The standard InChI is InChI=1S/C19H25N3O3S/c1-14-5-4-10-22(13-14)16-6-9-19(20-12-16)21-26(23,24)18-8-7-17(25-3)11-15(18)2/h6-9,11-12,14H,4-5,10,13H2,1-3H3,(H,20,21). The van der Waals surface area contributed by atoms with Crippen LogP contribution in [0.15, 0.2) is 41.4 Å². The van der Waals surface area contributed by atoms with E-state index in [1.165, 1.54) is 12.8 Å². The van der Waals surface area contributed by atoms with Gasteiger partial charge in [-0.2, -0.15) is 0 Å². The molecule has 1 aromatic carbocycles. The minimum atomic E-state index is -3.70. The lowest BCUT2D eigenvalue weighted by Gasteiger charge is -2.32. The van der Waals surface area contributed by atoms with Crippen molar-refractivity contribution in [1.29, 1.82) is 0 Å². The van der Waals surface area contributed by atoms with Crippen molar-refractivity contribution in [3.05, 3.63) is 42.1 Å². The molecule has 2 heterocycles. The smallest absolute Gasteiger partial charge is 0.263 e. The summed E-state index contributed by atoms with van der Waals surface area (Å²) in [6.07, 6.45) is 4.16. The van der Waals surface area contributed by atoms with E-state index in [1.54, 1.807) is 44.5 Å². The van der Waals surface area contributed by atoms with Gasteiger partial charge in [0.2, 0.25) is 0 Å². The molecule has 0 radical (unpaired) electrons. The number of anilines is 2. The predicted molar refractivity (Wildman–Crippen MR) is 103 cm³/mol. The van der Waals surface area contributed by atoms with Crippen LogP contribution in [0, 0.1) is 12.8 Å². The molecule has 0 bridgehead atoms. The van der Waals surface area contributed by atoms with E-state index in [0.29, 0.717) is 23.0 Å². The Hall–Kier alpha value is -2.28. The van der Waals surface area contributed by atoms with Crippen LogP contribution in [0.1, 0.15) is 25.3 Å². The van der Waals surface area contributed by atoms with Gasteiger partial charge in [-0.3, -0.25) is 4.72 Å². The van der Waals surface area contributed by atoms with Crippen LogP contribution in [0.2, 0.25) is 0 Å². The SMILES string of the molecule is COc1ccc(S(=O)(=O)Nc2ccc(N3CCCC(C)C3)cn2)c(C)c1. The zero-order valence-corrected chi connectivity index (χ0v) is 16.2. The Morgan fingerprint density at radius 1 is 1.27 bits per heavy atom. The van der Waals surface area contributed by atoms with E-state index < -0.39 is 10.0 Å². The first-order chi connectivity index (χ1) is 12.4. The number of benzene rings is 1. The molecule has 1 fully saturated rings. The summed E-state index contributed by atoms with van der Waals surface area (Å²) in [4.78, 5) is 6.81. The highest BCUT2D eigenvalue weighted by Gasteiger charge is 2.19. The number of nitrogens with one attached hydrogen (secondary N) is 1. The van der Waals surface area contributed by atoms with Gasteiger partial charge in [0, 0.05) is 13.1 Å². The first-order valence-corrected chi connectivity index (χ1v) is 10.3. The molecule has 0 saturated carbocycles. The van der Waals surface area contributed by atoms with Crippen LogP contribution in [0.3, 0.4) is 0 Å². The summed E-state index contributed by atoms with van der Waals surface area (Å²) in [6.45, 7) is 6.02. The van der Waals surface area contributed by atoms with E-state index in [4.69, 9.17) is 4.74 Å². The van der Waals surface area contributed by atoms with Gasteiger partial charge in [-0.25, -0.2) is 13.4 Å². The summed E-state index contributed by atoms with van der Waals surface area (Å²) in [5.41, 5.74) is 1.65. The molecule has 1 saturated heterocycles. The van der Waals surface area contributed by atoms with Crippen LogP contribution < -0.4 is 14.4 Å². The van der Waals surface area contributed by atoms with E-state index >= 15 is 0 Å². The predicted octanol–water partition coefficient (Wildman–Crippen LogP) is 3.44. The number of hydrogen-bond donors (Lipinski definition) is 1. The number of piperidine rings is 1. The summed E-state index contributed by atoms with van der Waals surface area (Å²) in [5.74, 6) is 1.61. The summed E-state index contributed by atoms with van der Waals surface area (Å²) in [5, 5.41) is 0. The third kappa shape index (κ3) is 4.09. The Kier molecular flexibility index (Phi) is 5.36. The van der Waals surface area contributed by atoms with Crippen molar-refractivity contribution < 1.29 is 13.2 Å². The molecule has 2 aromatic rings. The molecule has 6 nitrogen and oxygen atoms in total. The van der Waals surface area contributed by atoms with E-state index in [9.17, 15) is 8.42 Å². The lowest BCUT2D eigenvalue weighted by atomic mass is 10.00. The fourth-order valence-electron chi connectivity index (χ4n) is 3.30. The second-order valence-electron chi connectivity index (χ2n) is 6.83. The first kappa shape index (κ1) is 18.5. The molecule has 1 unspecified atom stereocenters. The lowest BCUT2D eigenvalue weighted by molar-refractivity contribution is 0.414. The third-order valence-corrected chi connectivity index (χ3v) is 6.20. The van der Waals surface area contributed by atoms with Crippen molar-refractivity contribution in [3.63, 3.8) is 0 Å². The summed E-state index contributed by atoms with van der Waals surface area (Å²) in [7, 11) is -2.15. The fraction of sp³-hybridized carbons (Fsp3) is 0.421. The van der Waals surface area contributed by atoms with Crippen molar-refractivity contribution in [2.45, 2.75) is 31.6 Å². The first-order valence-electron chi connectivity index (χ1n) is 8.77. The number of sulfonamides is 1. The normalized spacial score (nSPS) is 17.8. The van der Waals surface area contributed by atoms with E-state index in [1.807, 2.05) is 6.07 Å². The van der Waals surface area contributed by atoms with Gasteiger partial charge in [0.1, 0.15) is 11.6 Å². The highest BCUT2D eigenvalue weighted by atomic mass is 32.2. The van der Waals surface area contributed by atoms with Crippen LogP contribution in [0.25, 0.3) is 0 Å². The molecule has 140 valence electrons. The average molecular weight is 375 g/mol. The maximum absolute atomic E-state index is 12.6. The highest BCUT2D eigenvalue weighted by molar-refractivity contribution is 7.92. The van der Waals surface area contributed by atoms with Crippen LogP contribution in [0.4, 0.5) is 11.5 Å². The molecule has 1 N–H and O–H groups in total. The van der Waals surface area contributed by atoms with Crippen molar-refractivity contribution in [2.24, 2.45) is 5.92 Å². The van der Waals surface area contributed by atoms with E-state index in [0.717, 1.165) is 18.8 Å². The molecule has 26 heavy (non-hydrogen) atoms. The van der Waals surface area contributed by atoms with Crippen LogP contribution in [-0.2, 0) is 10.0 Å². The maximum Gasteiger partial charge on any atom is 0.263 e. The van der Waals surface area contributed by atoms with Crippen LogP contribution >= 0.6 is 0 Å². The maximum atomic E-state index is 12.6. The van der Waals surface area contributed by atoms with Gasteiger partial charge in [-0.1, -0.05) is 6.92 Å². The topological polar surface area (TPSA) is 71.5 Å². The molecule has 3 rings (SSSR count). The van der Waals surface area contributed by atoms with Crippen molar-refractivity contribution >= 4 is 21.5 Å². The third-order valence-electron chi connectivity index (χ3n) is 4.68. The van der Waals surface area contributed by atoms with Gasteiger partial charge in [-0.15, -0.1) is 0 Å². The molecule has 7 heteroatoms. The largest absolute Gasteiger partial charge is 0.497 e. The van der Waals surface area contributed by atoms with Gasteiger partial charge in [0.15, 0.2) is 0 Å². The fourth-order valence-corrected chi connectivity index (χ4v) is 4.54. The molecular formula is C19H25N3O3S. The Bertz CT molecular complexity index is 866. The Morgan fingerprint density at radius 3 is 2.69 bits per heavy atom. The molecule has 1 atom stereocenters. The van der Waals surface area contributed by atoms with Crippen LogP contribution in [-0.4, -0.2) is 33.6 Å². The molecule has 1 aliphatic rings. The summed E-state index contributed by atoms with van der Waals surface area (Å²) >= 11 is 0. The van der Waals surface area contributed by atoms with Gasteiger partial charge in [0.25, 0.3) is 10.0 Å². The summed E-state index contributed by atoms with van der Waals surface area (Å²) in [6, 6.07) is 8.51. The molecular weight excluding hydrogens is 350 g/mol. The zero-order chi connectivity index (χ0) is 18.7. The Labute approximate surface area is 155 Å². The Morgan fingerprint density at radius 2 is 2.08 bits per heavy atom. The van der Waals surface area contributed by atoms with Gasteiger partial charge in [-0.05, 0) is 61.6 Å². The lowest BCUT2D eigenvalue weighted by Crippen LogP contribution is -2.34. The second kappa shape index (κ2) is 7.53. The number of ether oxygens (including phenoxy) is 1. The van der Waals surface area contributed by atoms with Gasteiger partial charge >= 0.3 is 0 Å². The number of aromatic nitrogens is 1. The molecule has 1 aliphatic heterocycles. The van der Waals surface area contributed by atoms with Crippen LogP contribution in [0.5, 0.6) is 5.75 Å². The minimum absolute atomic E-state index is 0.217. The number of nitrogens with zero attached hydrogens (tertiary/aromatic N) is 2. The van der Waals surface area contributed by atoms with Gasteiger partial charge in [0.05, 0.1) is 23.9 Å². The summed E-state index contributed by atoms with van der Waals surface area (Å²) < 4.78 is 33.0. The number of pyridine rings is 1. The van der Waals surface area contributed by atoms with Gasteiger partial charge < -0.3 is 9.64 Å². The monoisotopic (exact) mass is 375 g/mol. The number of methoxy groups -OCH3 is 1. The van der Waals surface area contributed by atoms with Crippen molar-refractivity contribution in [1.82, 2.24) is 4.98 Å². The minimum Gasteiger partial charge on any atom is -0.497 e. The number of hydrogen-bond acceptors (Lipinski definition) is 5. The molecule has 0 aliphatic carbocycles. The average Bonchev–Trinajstić information content (AvgIpc) is 2.61. The second-order valence-corrected chi connectivity index (χ2v) is 8.48. The molecule has 0 amide bonds. The van der Waals surface area contributed by atoms with Crippen molar-refractivity contribution in [3.8, 4) is 5.75 Å².